The maximum atomic E-state index is 12.2. The van der Waals surface area contributed by atoms with Crippen LogP contribution in [-0.4, -0.2) is 28.5 Å². The van der Waals surface area contributed by atoms with Crippen LogP contribution in [0.25, 0.3) is 0 Å². The van der Waals surface area contributed by atoms with E-state index < -0.39 is 20.0 Å². The first-order valence-corrected chi connectivity index (χ1v) is 10.2. The molecule has 0 atom stereocenters. The first kappa shape index (κ1) is 18.6. The van der Waals surface area contributed by atoms with Crippen molar-refractivity contribution >= 4 is 20.0 Å². The summed E-state index contributed by atoms with van der Waals surface area (Å²) in [6, 6.07) is 6.17. The highest BCUT2D eigenvalue weighted by atomic mass is 32.2. The quantitative estimate of drug-likeness (QED) is 0.691. The Kier molecular flexibility index (Phi) is 5.43. The summed E-state index contributed by atoms with van der Waals surface area (Å²) in [5.41, 5.74) is 1.21. The standard InChI is InChI=1S/C14H19N3O5S2/c1-10-14(11(2)22-17-10)24(20,21)16-9-3-4-12-5-7-13(8-6-12)23(15,18)19/h5-8,16H,3-4,9H2,1-2H3,(H2,15,18,19). The molecule has 10 heteroatoms. The predicted molar refractivity (Wildman–Crippen MR) is 87.3 cm³/mol. The number of nitrogens with one attached hydrogen (secondary N) is 1. The third-order valence-corrected chi connectivity index (χ3v) is 6.06. The van der Waals surface area contributed by atoms with Crippen molar-refractivity contribution in [2.75, 3.05) is 6.54 Å². The molecule has 0 saturated carbocycles. The second-order valence-corrected chi connectivity index (χ2v) is 8.61. The molecule has 1 aromatic heterocycles. The molecule has 0 spiro atoms. The van der Waals surface area contributed by atoms with Crippen molar-refractivity contribution in [3.8, 4) is 0 Å². The summed E-state index contributed by atoms with van der Waals surface area (Å²) in [6.07, 6.45) is 1.15. The van der Waals surface area contributed by atoms with E-state index in [1.807, 2.05) is 0 Å². The molecule has 0 fully saturated rings. The lowest BCUT2D eigenvalue weighted by atomic mass is 10.1. The van der Waals surface area contributed by atoms with E-state index >= 15 is 0 Å². The van der Waals surface area contributed by atoms with Gasteiger partial charge in [0.05, 0.1) is 4.90 Å². The van der Waals surface area contributed by atoms with E-state index in [4.69, 9.17) is 9.66 Å². The molecule has 0 saturated heterocycles. The van der Waals surface area contributed by atoms with Gasteiger partial charge in [0.25, 0.3) is 0 Å². The van der Waals surface area contributed by atoms with E-state index in [2.05, 4.69) is 9.88 Å². The Hall–Kier alpha value is -1.75. The number of sulfonamides is 2. The Balaban J connectivity index is 1.91. The fourth-order valence-electron chi connectivity index (χ4n) is 2.28. The zero-order chi connectivity index (χ0) is 18.0. The monoisotopic (exact) mass is 373 g/mol. The normalized spacial score (nSPS) is 12.5. The summed E-state index contributed by atoms with van der Waals surface area (Å²) >= 11 is 0. The van der Waals surface area contributed by atoms with Gasteiger partial charge in [-0.3, -0.25) is 0 Å². The van der Waals surface area contributed by atoms with Crippen LogP contribution in [0.3, 0.4) is 0 Å². The van der Waals surface area contributed by atoms with E-state index in [1.54, 1.807) is 26.0 Å². The van der Waals surface area contributed by atoms with Crippen molar-refractivity contribution in [2.24, 2.45) is 5.14 Å². The SMILES string of the molecule is Cc1noc(C)c1S(=O)(=O)NCCCc1ccc(S(N)(=O)=O)cc1. The zero-order valence-electron chi connectivity index (χ0n) is 13.3. The summed E-state index contributed by atoms with van der Waals surface area (Å²) in [5.74, 6) is 0.249. The number of nitrogens with zero attached hydrogens (tertiary/aromatic N) is 1. The third-order valence-electron chi connectivity index (χ3n) is 3.42. The van der Waals surface area contributed by atoms with E-state index in [1.165, 1.54) is 12.1 Å². The average molecular weight is 373 g/mol. The Morgan fingerprint density at radius 3 is 2.25 bits per heavy atom. The Morgan fingerprint density at radius 2 is 1.75 bits per heavy atom. The molecule has 132 valence electrons. The molecule has 2 aromatic rings. The zero-order valence-corrected chi connectivity index (χ0v) is 14.9. The van der Waals surface area contributed by atoms with Gasteiger partial charge in [0, 0.05) is 6.54 Å². The number of aromatic nitrogens is 1. The van der Waals surface area contributed by atoms with E-state index in [9.17, 15) is 16.8 Å². The summed E-state index contributed by atoms with van der Waals surface area (Å²) in [5, 5.41) is 8.66. The molecule has 0 amide bonds. The van der Waals surface area contributed by atoms with Gasteiger partial charge in [-0.2, -0.15) is 0 Å². The lowest BCUT2D eigenvalue weighted by Crippen LogP contribution is -2.26. The summed E-state index contributed by atoms with van der Waals surface area (Å²) < 4.78 is 54.1. The van der Waals surface area contributed by atoms with Gasteiger partial charge in [0.2, 0.25) is 20.0 Å². The number of primary sulfonamides is 1. The van der Waals surface area contributed by atoms with Crippen molar-refractivity contribution in [1.82, 2.24) is 9.88 Å². The van der Waals surface area contributed by atoms with Crippen LogP contribution in [0.4, 0.5) is 0 Å². The van der Waals surface area contributed by atoms with Crippen LogP contribution in [-0.2, 0) is 26.5 Å². The first-order valence-electron chi connectivity index (χ1n) is 7.15. The van der Waals surface area contributed by atoms with Gasteiger partial charge < -0.3 is 4.52 Å². The molecule has 3 N–H and O–H groups in total. The molecule has 2 rings (SSSR count). The molecule has 0 aliphatic heterocycles. The van der Waals surface area contributed by atoms with Gasteiger partial charge in [-0.1, -0.05) is 17.3 Å². The topological polar surface area (TPSA) is 132 Å². The highest BCUT2D eigenvalue weighted by molar-refractivity contribution is 7.89. The van der Waals surface area contributed by atoms with Crippen LogP contribution >= 0.6 is 0 Å². The molecule has 1 aromatic carbocycles. The molecular weight excluding hydrogens is 354 g/mol. The molecule has 1 heterocycles. The minimum Gasteiger partial charge on any atom is -0.360 e. The largest absolute Gasteiger partial charge is 0.360 e. The van der Waals surface area contributed by atoms with Crippen LogP contribution in [0.1, 0.15) is 23.4 Å². The molecule has 0 unspecified atom stereocenters. The van der Waals surface area contributed by atoms with Gasteiger partial charge in [-0.05, 0) is 44.4 Å². The van der Waals surface area contributed by atoms with E-state index in [-0.39, 0.29) is 22.1 Å². The Morgan fingerprint density at radius 1 is 1.12 bits per heavy atom. The number of benzene rings is 1. The molecule has 0 bridgehead atoms. The number of aryl methyl sites for hydroxylation is 3. The molecule has 24 heavy (non-hydrogen) atoms. The average Bonchev–Trinajstić information content (AvgIpc) is 2.83. The minimum absolute atomic E-state index is 0.0466. The van der Waals surface area contributed by atoms with Gasteiger partial charge in [0.15, 0.2) is 5.76 Å². The Bertz CT molecular complexity index is 896. The molecule has 8 nitrogen and oxygen atoms in total. The molecule has 0 aliphatic rings. The number of nitrogens with two attached hydrogens (primary N) is 1. The van der Waals surface area contributed by atoms with E-state index in [0.717, 1.165) is 5.56 Å². The van der Waals surface area contributed by atoms with Gasteiger partial charge in [0.1, 0.15) is 10.6 Å². The maximum absolute atomic E-state index is 12.2. The van der Waals surface area contributed by atoms with Gasteiger partial charge in [-0.25, -0.2) is 26.7 Å². The lowest BCUT2D eigenvalue weighted by Gasteiger charge is -2.06. The van der Waals surface area contributed by atoms with Crippen molar-refractivity contribution in [3.63, 3.8) is 0 Å². The van der Waals surface area contributed by atoms with Crippen LogP contribution in [0.15, 0.2) is 38.6 Å². The number of rotatable bonds is 7. The Labute approximate surface area is 141 Å². The lowest BCUT2D eigenvalue weighted by molar-refractivity contribution is 0.390. The molecule has 0 aliphatic carbocycles. The van der Waals surface area contributed by atoms with Crippen LogP contribution < -0.4 is 9.86 Å². The third kappa shape index (κ3) is 4.41. The maximum Gasteiger partial charge on any atom is 0.245 e. The fraction of sp³-hybridized carbons (Fsp3) is 0.357. The number of hydrogen-bond acceptors (Lipinski definition) is 6. The second-order valence-electron chi connectivity index (χ2n) is 5.34. The van der Waals surface area contributed by atoms with Crippen LogP contribution in [0.5, 0.6) is 0 Å². The van der Waals surface area contributed by atoms with Crippen LogP contribution in [0, 0.1) is 13.8 Å². The minimum atomic E-state index is -3.70. The van der Waals surface area contributed by atoms with E-state index in [0.29, 0.717) is 18.5 Å². The highest BCUT2D eigenvalue weighted by Gasteiger charge is 2.23. The highest BCUT2D eigenvalue weighted by Crippen LogP contribution is 2.18. The van der Waals surface area contributed by atoms with Crippen molar-refractivity contribution in [2.45, 2.75) is 36.5 Å². The smallest absolute Gasteiger partial charge is 0.245 e. The summed E-state index contributed by atoms with van der Waals surface area (Å²) in [4.78, 5) is 0.116. The van der Waals surface area contributed by atoms with Crippen molar-refractivity contribution < 1.29 is 21.4 Å². The number of hydrogen-bond donors (Lipinski definition) is 2. The van der Waals surface area contributed by atoms with Crippen LogP contribution in [0.2, 0.25) is 0 Å². The summed E-state index contributed by atoms with van der Waals surface area (Å²) in [7, 11) is -7.36. The molecule has 0 radical (unpaired) electrons. The predicted octanol–water partition coefficient (Wildman–Crippen LogP) is 0.850. The van der Waals surface area contributed by atoms with Gasteiger partial charge in [-0.15, -0.1) is 0 Å². The fourth-order valence-corrected chi connectivity index (χ4v) is 4.19. The summed E-state index contributed by atoms with van der Waals surface area (Å²) in [6.45, 7) is 3.35. The first-order chi connectivity index (χ1) is 11.1. The second kappa shape index (κ2) is 7.01. The van der Waals surface area contributed by atoms with Crippen molar-refractivity contribution in [3.05, 3.63) is 41.3 Å². The van der Waals surface area contributed by atoms with Gasteiger partial charge >= 0.3 is 0 Å². The van der Waals surface area contributed by atoms with Crippen molar-refractivity contribution in [1.29, 1.82) is 0 Å². The molecular formula is C14H19N3O5S2.